The molecule has 4 rings (SSSR count). The Labute approximate surface area is 168 Å². The molecular weight excluding hydrogens is 370 g/mol. The fourth-order valence-corrected chi connectivity index (χ4v) is 3.52. The van der Waals surface area contributed by atoms with Crippen LogP contribution in [0.1, 0.15) is 16.1 Å². The summed E-state index contributed by atoms with van der Waals surface area (Å²) in [7, 11) is 0. The van der Waals surface area contributed by atoms with Crippen molar-refractivity contribution in [2.45, 2.75) is 6.92 Å². The number of nitrogens with zero attached hydrogens (tertiary/aromatic N) is 5. The van der Waals surface area contributed by atoms with E-state index in [1.165, 1.54) is 12.1 Å². The molecule has 8 heteroatoms. The Balaban J connectivity index is 1.38. The van der Waals surface area contributed by atoms with Gasteiger partial charge in [0.15, 0.2) is 0 Å². The van der Waals surface area contributed by atoms with Gasteiger partial charge in [-0.1, -0.05) is 0 Å². The lowest BCUT2D eigenvalue weighted by molar-refractivity contribution is -0.384. The normalized spacial score (nSPS) is 14.1. The number of carbonyl (C=O) groups is 1. The maximum absolute atomic E-state index is 12.8. The van der Waals surface area contributed by atoms with Crippen LogP contribution in [-0.2, 0) is 0 Å². The van der Waals surface area contributed by atoms with Crippen molar-refractivity contribution in [2.75, 3.05) is 31.1 Å². The number of hydrogen-bond donors (Lipinski definition) is 0. The summed E-state index contributed by atoms with van der Waals surface area (Å²) < 4.78 is 1.83. The molecule has 8 nitrogen and oxygen atoms in total. The summed E-state index contributed by atoms with van der Waals surface area (Å²) in [6.45, 7) is 4.57. The van der Waals surface area contributed by atoms with Crippen molar-refractivity contribution in [1.29, 1.82) is 0 Å². The second-order valence-corrected chi connectivity index (χ2v) is 6.98. The van der Waals surface area contributed by atoms with Gasteiger partial charge in [-0.15, -0.1) is 0 Å². The third kappa shape index (κ3) is 3.82. The highest BCUT2D eigenvalue weighted by Crippen LogP contribution is 2.21. The van der Waals surface area contributed by atoms with E-state index in [4.69, 9.17) is 0 Å². The summed E-state index contributed by atoms with van der Waals surface area (Å²) >= 11 is 0. The zero-order valence-electron chi connectivity index (χ0n) is 16.1. The molecule has 2 heterocycles. The lowest BCUT2D eigenvalue weighted by atomic mass is 10.1. The average Bonchev–Trinajstić information content (AvgIpc) is 3.19. The standard InChI is InChI=1S/C21H21N5O3/c1-16-10-11-22-25(16)19-4-2-17(3-5-19)21(27)24-14-12-23(13-15-24)18-6-8-20(9-7-18)26(28)29/h2-11H,12-15H2,1H3. The minimum Gasteiger partial charge on any atom is -0.368 e. The van der Waals surface area contributed by atoms with Gasteiger partial charge in [-0.2, -0.15) is 5.10 Å². The molecule has 2 aromatic carbocycles. The monoisotopic (exact) mass is 391 g/mol. The smallest absolute Gasteiger partial charge is 0.269 e. The first-order chi connectivity index (χ1) is 14.0. The van der Waals surface area contributed by atoms with Gasteiger partial charge in [0.05, 0.1) is 10.6 Å². The van der Waals surface area contributed by atoms with Gasteiger partial charge in [-0.25, -0.2) is 4.68 Å². The molecule has 0 atom stereocenters. The summed E-state index contributed by atoms with van der Waals surface area (Å²) in [6, 6.07) is 15.9. The molecule has 1 aliphatic rings. The van der Waals surface area contributed by atoms with E-state index in [-0.39, 0.29) is 11.6 Å². The van der Waals surface area contributed by atoms with Crippen LogP contribution in [0.15, 0.2) is 60.8 Å². The highest BCUT2D eigenvalue weighted by molar-refractivity contribution is 5.94. The van der Waals surface area contributed by atoms with Crippen LogP contribution in [0.5, 0.6) is 0 Å². The second-order valence-electron chi connectivity index (χ2n) is 6.98. The Bertz CT molecular complexity index is 1020. The zero-order valence-corrected chi connectivity index (χ0v) is 16.1. The van der Waals surface area contributed by atoms with Gasteiger partial charge in [0.25, 0.3) is 11.6 Å². The first-order valence-electron chi connectivity index (χ1n) is 9.43. The van der Waals surface area contributed by atoms with Crippen molar-refractivity contribution in [2.24, 2.45) is 0 Å². The van der Waals surface area contributed by atoms with Crippen molar-refractivity contribution in [1.82, 2.24) is 14.7 Å². The number of anilines is 1. The molecule has 1 fully saturated rings. The third-order valence-electron chi connectivity index (χ3n) is 5.18. The van der Waals surface area contributed by atoms with Crippen LogP contribution < -0.4 is 4.90 Å². The van der Waals surface area contributed by atoms with E-state index in [0.29, 0.717) is 31.7 Å². The van der Waals surface area contributed by atoms with Gasteiger partial charge in [0, 0.05) is 61.5 Å². The third-order valence-corrected chi connectivity index (χ3v) is 5.18. The topological polar surface area (TPSA) is 84.5 Å². The molecule has 1 amide bonds. The van der Waals surface area contributed by atoms with Crippen molar-refractivity contribution >= 4 is 17.3 Å². The fourth-order valence-electron chi connectivity index (χ4n) is 3.52. The van der Waals surface area contributed by atoms with Gasteiger partial charge in [-0.3, -0.25) is 14.9 Å². The first kappa shape index (κ1) is 18.7. The number of piperazine rings is 1. The number of benzene rings is 2. The maximum atomic E-state index is 12.8. The van der Waals surface area contributed by atoms with Crippen LogP contribution in [0.2, 0.25) is 0 Å². The molecule has 0 saturated carbocycles. The van der Waals surface area contributed by atoms with E-state index in [2.05, 4.69) is 10.00 Å². The van der Waals surface area contributed by atoms with Crippen molar-refractivity contribution in [3.63, 3.8) is 0 Å². The molecule has 0 N–H and O–H groups in total. The predicted molar refractivity (Wildman–Crippen MR) is 110 cm³/mol. The molecule has 0 spiro atoms. The molecule has 1 aliphatic heterocycles. The molecule has 3 aromatic rings. The molecule has 0 bridgehead atoms. The summed E-state index contributed by atoms with van der Waals surface area (Å²) in [6.07, 6.45) is 1.75. The van der Waals surface area contributed by atoms with Crippen LogP contribution in [0.4, 0.5) is 11.4 Å². The van der Waals surface area contributed by atoms with Gasteiger partial charge in [0.1, 0.15) is 0 Å². The molecule has 1 saturated heterocycles. The molecule has 29 heavy (non-hydrogen) atoms. The first-order valence-corrected chi connectivity index (χ1v) is 9.43. The van der Waals surface area contributed by atoms with Crippen LogP contribution in [-0.4, -0.2) is 51.7 Å². The van der Waals surface area contributed by atoms with Crippen LogP contribution in [0.25, 0.3) is 5.69 Å². The fraction of sp³-hybridized carbons (Fsp3) is 0.238. The van der Waals surface area contributed by atoms with Gasteiger partial charge in [-0.05, 0) is 49.4 Å². The van der Waals surface area contributed by atoms with E-state index < -0.39 is 4.92 Å². The number of nitro groups is 1. The zero-order chi connectivity index (χ0) is 20.4. The SMILES string of the molecule is Cc1ccnn1-c1ccc(C(=O)N2CCN(c3ccc([N+](=O)[O-])cc3)CC2)cc1. The minimum atomic E-state index is -0.403. The van der Waals surface area contributed by atoms with Crippen LogP contribution >= 0.6 is 0 Å². The van der Waals surface area contributed by atoms with Crippen LogP contribution in [0, 0.1) is 17.0 Å². The summed E-state index contributed by atoms with van der Waals surface area (Å²) in [5.74, 6) is 0.0112. The van der Waals surface area contributed by atoms with E-state index in [1.807, 2.05) is 46.8 Å². The molecule has 1 aromatic heterocycles. The average molecular weight is 391 g/mol. The highest BCUT2D eigenvalue weighted by Gasteiger charge is 2.22. The van der Waals surface area contributed by atoms with Crippen molar-refractivity contribution in [3.8, 4) is 5.69 Å². The molecule has 0 unspecified atom stereocenters. The molecule has 0 radical (unpaired) electrons. The number of amides is 1. The van der Waals surface area contributed by atoms with Crippen molar-refractivity contribution < 1.29 is 9.72 Å². The van der Waals surface area contributed by atoms with E-state index in [9.17, 15) is 14.9 Å². The quantitative estimate of drug-likeness (QED) is 0.504. The van der Waals surface area contributed by atoms with Gasteiger partial charge < -0.3 is 9.80 Å². The van der Waals surface area contributed by atoms with Gasteiger partial charge >= 0.3 is 0 Å². The predicted octanol–water partition coefficient (Wildman–Crippen LogP) is 3.05. The number of aryl methyl sites for hydroxylation is 1. The Morgan fingerprint density at radius 3 is 2.10 bits per heavy atom. The molecule has 0 aliphatic carbocycles. The summed E-state index contributed by atoms with van der Waals surface area (Å²) in [4.78, 5) is 27.2. The Hall–Kier alpha value is -3.68. The summed E-state index contributed by atoms with van der Waals surface area (Å²) in [5, 5.41) is 15.1. The highest BCUT2D eigenvalue weighted by atomic mass is 16.6. The van der Waals surface area contributed by atoms with Crippen molar-refractivity contribution in [3.05, 3.63) is 82.2 Å². The Kier molecular flexibility index (Phi) is 4.99. The van der Waals surface area contributed by atoms with E-state index in [1.54, 1.807) is 18.3 Å². The molecule has 148 valence electrons. The number of aromatic nitrogens is 2. The number of nitro benzene ring substituents is 1. The Morgan fingerprint density at radius 1 is 0.931 bits per heavy atom. The second kappa shape index (κ2) is 7.75. The summed E-state index contributed by atoms with van der Waals surface area (Å²) in [5.41, 5.74) is 3.62. The van der Waals surface area contributed by atoms with E-state index >= 15 is 0 Å². The Morgan fingerprint density at radius 2 is 1.55 bits per heavy atom. The van der Waals surface area contributed by atoms with Crippen LogP contribution in [0.3, 0.4) is 0 Å². The number of carbonyl (C=O) groups excluding carboxylic acids is 1. The number of rotatable bonds is 4. The largest absolute Gasteiger partial charge is 0.368 e. The van der Waals surface area contributed by atoms with Gasteiger partial charge in [0.2, 0.25) is 0 Å². The molecular formula is C21H21N5O3. The number of hydrogen-bond acceptors (Lipinski definition) is 5. The lowest BCUT2D eigenvalue weighted by Gasteiger charge is -2.36. The lowest BCUT2D eigenvalue weighted by Crippen LogP contribution is -2.48. The maximum Gasteiger partial charge on any atom is 0.269 e. The van der Waals surface area contributed by atoms with E-state index in [0.717, 1.165) is 17.1 Å². The minimum absolute atomic E-state index is 0.0112. The number of non-ortho nitro benzene ring substituents is 1.